The molecule has 0 saturated heterocycles. The normalized spacial score (nSPS) is 12.0. The summed E-state index contributed by atoms with van der Waals surface area (Å²) in [7, 11) is 6.27. The lowest BCUT2D eigenvalue weighted by atomic mass is 10.5. The molecule has 1 N–H and O–H groups in total. The maximum atomic E-state index is 5.48. The predicted octanol–water partition coefficient (Wildman–Crippen LogP) is 0.826. The van der Waals surface area contributed by atoms with Crippen molar-refractivity contribution < 1.29 is 4.59 Å². The Balaban J connectivity index is 3.07. The largest absolute Gasteiger partial charge is 0.253 e. The zero-order valence-electron chi connectivity index (χ0n) is 6.45. The third-order valence-electron chi connectivity index (χ3n) is 0.897. The molecule has 0 radical (unpaired) electrons. The van der Waals surface area contributed by atoms with Gasteiger partial charge in [-0.1, -0.05) is 0 Å². The van der Waals surface area contributed by atoms with Crippen LogP contribution in [0, 0.1) is 0 Å². The van der Waals surface area contributed by atoms with Crippen molar-refractivity contribution in [1.82, 2.24) is 5.43 Å². The Bertz CT molecular complexity index is 67.9. The summed E-state index contributed by atoms with van der Waals surface area (Å²) in [6.45, 7) is 0.993. The van der Waals surface area contributed by atoms with Crippen LogP contribution in [0.2, 0.25) is 0 Å². The number of nitrogens with zero attached hydrogens (tertiary/aromatic N) is 1. The van der Waals surface area contributed by atoms with Gasteiger partial charge in [0.15, 0.2) is 0 Å². The van der Waals surface area contributed by atoms with Crippen LogP contribution < -0.4 is 5.43 Å². The molecule has 0 atom stereocenters. The number of nitrogens with one attached hydrogen (secondary N) is 1. The first-order chi connectivity index (χ1) is 4.06. The highest BCUT2D eigenvalue weighted by atomic mass is 35.5. The van der Waals surface area contributed by atoms with Crippen LogP contribution in [0.25, 0.3) is 0 Å². The van der Waals surface area contributed by atoms with Crippen LogP contribution in [-0.4, -0.2) is 38.2 Å². The third-order valence-corrected chi connectivity index (χ3v) is 1.16. The lowest BCUT2D eigenvalue weighted by molar-refractivity contribution is -0.915. The van der Waals surface area contributed by atoms with Gasteiger partial charge in [-0.25, -0.2) is 0 Å². The van der Waals surface area contributed by atoms with Crippen molar-refractivity contribution in [2.75, 3.05) is 33.6 Å². The fourth-order valence-corrected chi connectivity index (χ4v) is 0.615. The quantitative estimate of drug-likeness (QED) is 0.272. The third kappa shape index (κ3) is 8.21. The molecular weight excluding hydrogens is 136 g/mol. The topological polar surface area (TPSA) is 12.0 Å². The van der Waals surface area contributed by atoms with Gasteiger partial charge in [0, 0.05) is 12.4 Å². The lowest BCUT2D eigenvalue weighted by Gasteiger charge is -2.23. The molecule has 3 heteroatoms. The second-order valence-corrected chi connectivity index (χ2v) is 3.34. The van der Waals surface area contributed by atoms with Crippen molar-refractivity contribution in [3.8, 4) is 0 Å². The first-order valence-electron chi connectivity index (χ1n) is 3.19. The van der Waals surface area contributed by atoms with E-state index in [0.717, 1.165) is 23.4 Å². The van der Waals surface area contributed by atoms with Gasteiger partial charge in [-0.05, 0) is 6.42 Å². The van der Waals surface area contributed by atoms with E-state index in [4.69, 9.17) is 11.6 Å². The fraction of sp³-hybridized carbons (Fsp3) is 1.00. The Morgan fingerprint density at radius 3 is 2.22 bits per heavy atom. The summed E-state index contributed by atoms with van der Waals surface area (Å²) in [5, 5.41) is 0. The van der Waals surface area contributed by atoms with Crippen molar-refractivity contribution >= 4 is 11.6 Å². The minimum Gasteiger partial charge on any atom is -0.253 e. The van der Waals surface area contributed by atoms with Crippen LogP contribution in [0.1, 0.15) is 6.42 Å². The molecule has 0 saturated carbocycles. The van der Waals surface area contributed by atoms with Gasteiger partial charge in [0.1, 0.15) is 0 Å². The molecule has 0 spiro atoms. The van der Waals surface area contributed by atoms with Crippen LogP contribution >= 0.6 is 11.6 Å². The zero-order chi connectivity index (χ0) is 7.33. The maximum absolute atomic E-state index is 5.48. The minimum atomic E-state index is 0.743. The summed E-state index contributed by atoms with van der Waals surface area (Å²) in [4.78, 5) is 0. The van der Waals surface area contributed by atoms with E-state index < -0.39 is 0 Å². The molecular formula is C6H16ClN2+. The molecule has 0 aliphatic rings. The molecule has 2 nitrogen and oxygen atoms in total. The van der Waals surface area contributed by atoms with Crippen molar-refractivity contribution in [3.63, 3.8) is 0 Å². The summed E-state index contributed by atoms with van der Waals surface area (Å²) in [6.07, 6.45) is 1.04. The molecule has 9 heavy (non-hydrogen) atoms. The van der Waals surface area contributed by atoms with Crippen molar-refractivity contribution in [3.05, 3.63) is 0 Å². The van der Waals surface area contributed by atoms with Crippen LogP contribution in [0.3, 0.4) is 0 Å². The van der Waals surface area contributed by atoms with E-state index in [2.05, 4.69) is 26.6 Å². The van der Waals surface area contributed by atoms with E-state index in [1.807, 2.05) is 0 Å². The average Bonchev–Trinajstić information content (AvgIpc) is 1.63. The second kappa shape index (κ2) is 4.09. The Kier molecular flexibility index (Phi) is 4.19. The second-order valence-electron chi connectivity index (χ2n) is 2.96. The number of alkyl halides is 1. The van der Waals surface area contributed by atoms with Gasteiger partial charge in [-0.15, -0.1) is 11.6 Å². The summed E-state index contributed by atoms with van der Waals surface area (Å²) < 4.78 is 0.802. The van der Waals surface area contributed by atoms with E-state index >= 15 is 0 Å². The number of hydrogen-bond donors (Lipinski definition) is 1. The lowest BCUT2D eigenvalue weighted by Crippen LogP contribution is -2.48. The number of quaternary nitrogens is 1. The fourth-order valence-electron chi connectivity index (χ4n) is 0.481. The summed E-state index contributed by atoms with van der Waals surface area (Å²) in [5.41, 5.74) is 3.28. The molecule has 0 rings (SSSR count). The Labute approximate surface area is 62.4 Å². The molecule has 0 bridgehead atoms. The van der Waals surface area contributed by atoms with Crippen molar-refractivity contribution in [2.24, 2.45) is 0 Å². The van der Waals surface area contributed by atoms with Gasteiger partial charge in [-0.3, -0.25) is 4.59 Å². The molecule has 0 heterocycles. The highest BCUT2D eigenvalue weighted by Crippen LogP contribution is 1.85. The van der Waals surface area contributed by atoms with E-state index in [0.29, 0.717) is 0 Å². The van der Waals surface area contributed by atoms with Crippen LogP contribution in [0.15, 0.2) is 0 Å². The van der Waals surface area contributed by atoms with E-state index in [1.54, 1.807) is 0 Å². The zero-order valence-corrected chi connectivity index (χ0v) is 7.20. The van der Waals surface area contributed by atoms with E-state index in [1.165, 1.54) is 0 Å². The SMILES string of the molecule is C[N+](C)(C)NCCCCl. The molecule has 0 amide bonds. The Morgan fingerprint density at radius 2 is 1.89 bits per heavy atom. The van der Waals surface area contributed by atoms with Gasteiger partial charge in [-0.2, -0.15) is 5.43 Å². The standard InChI is InChI=1S/C6H16ClN2/c1-9(2,3)8-6-4-5-7/h8H,4-6H2,1-3H3/q+1. The molecule has 0 fully saturated rings. The smallest absolute Gasteiger partial charge is 0.0853 e. The molecule has 56 valence electrons. The van der Waals surface area contributed by atoms with Crippen molar-refractivity contribution in [1.29, 1.82) is 0 Å². The summed E-state index contributed by atoms with van der Waals surface area (Å²) in [6, 6.07) is 0. The molecule has 0 aliphatic carbocycles. The number of rotatable bonds is 4. The highest BCUT2D eigenvalue weighted by molar-refractivity contribution is 6.17. The van der Waals surface area contributed by atoms with Gasteiger partial charge in [0.05, 0.1) is 21.1 Å². The Hall–Kier alpha value is 0.210. The predicted molar refractivity (Wildman–Crippen MR) is 41.4 cm³/mol. The van der Waals surface area contributed by atoms with Gasteiger partial charge in [0.25, 0.3) is 0 Å². The summed E-state index contributed by atoms with van der Waals surface area (Å²) >= 11 is 5.48. The first-order valence-corrected chi connectivity index (χ1v) is 3.72. The van der Waals surface area contributed by atoms with Crippen LogP contribution in [0.4, 0.5) is 0 Å². The minimum absolute atomic E-state index is 0.743. The summed E-state index contributed by atoms with van der Waals surface area (Å²) in [5.74, 6) is 0.743. The average molecular weight is 152 g/mol. The number of hydrogen-bond acceptors (Lipinski definition) is 1. The monoisotopic (exact) mass is 151 g/mol. The molecule has 0 unspecified atom stereocenters. The molecule has 0 aromatic carbocycles. The number of halogens is 1. The molecule has 0 aromatic rings. The van der Waals surface area contributed by atoms with Crippen LogP contribution in [-0.2, 0) is 0 Å². The molecule has 0 aromatic heterocycles. The van der Waals surface area contributed by atoms with E-state index in [9.17, 15) is 0 Å². The van der Waals surface area contributed by atoms with Crippen molar-refractivity contribution in [2.45, 2.75) is 6.42 Å². The first kappa shape index (κ1) is 9.21. The van der Waals surface area contributed by atoms with Gasteiger partial charge >= 0.3 is 0 Å². The Morgan fingerprint density at radius 1 is 1.33 bits per heavy atom. The van der Waals surface area contributed by atoms with Crippen LogP contribution in [0.5, 0.6) is 0 Å². The van der Waals surface area contributed by atoms with E-state index in [-0.39, 0.29) is 0 Å². The van der Waals surface area contributed by atoms with Gasteiger partial charge < -0.3 is 0 Å². The van der Waals surface area contributed by atoms with Gasteiger partial charge in [0.2, 0.25) is 0 Å². The maximum Gasteiger partial charge on any atom is 0.0853 e. The highest BCUT2D eigenvalue weighted by Gasteiger charge is 2.02. The molecule has 0 aliphatic heterocycles.